The quantitative estimate of drug-likeness (QED) is 0.414. The maximum atomic E-state index is 12.2. The van der Waals surface area contributed by atoms with Crippen LogP contribution in [0.25, 0.3) is 6.08 Å². The minimum Gasteiger partial charge on any atom is -0.490 e. The van der Waals surface area contributed by atoms with Gasteiger partial charge in [-0.25, -0.2) is 9.79 Å². The highest BCUT2D eigenvalue weighted by atomic mass is 16.6. The van der Waals surface area contributed by atoms with E-state index in [4.69, 9.17) is 14.2 Å². The van der Waals surface area contributed by atoms with Crippen molar-refractivity contribution < 1.29 is 19.0 Å². The largest absolute Gasteiger partial charge is 0.490 e. The van der Waals surface area contributed by atoms with Crippen molar-refractivity contribution in [3.8, 4) is 11.5 Å². The molecule has 1 aliphatic heterocycles. The lowest BCUT2D eigenvalue weighted by molar-refractivity contribution is -0.129. The molecule has 5 heteroatoms. The molecule has 0 N–H and O–H groups in total. The first-order chi connectivity index (χ1) is 14.7. The van der Waals surface area contributed by atoms with Crippen LogP contribution in [0.5, 0.6) is 11.5 Å². The molecule has 0 fully saturated rings. The Morgan fingerprint density at radius 1 is 0.900 bits per heavy atom. The topological polar surface area (TPSA) is 57.1 Å². The molecule has 0 aromatic heterocycles. The number of carbonyl (C=O) groups excluding carboxylic acids is 1. The second-order valence-electron chi connectivity index (χ2n) is 6.62. The molecule has 5 nitrogen and oxygen atoms in total. The van der Waals surface area contributed by atoms with Gasteiger partial charge in [0.2, 0.25) is 5.90 Å². The highest BCUT2D eigenvalue weighted by Crippen LogP contribution is 2.31. The first-order valence-corrected chi connectivity index (χ1v) is 9.74. The summed E-state index contributed by atoms with van der Waals surface area (Å²) in [5.74, 6) is 1.09. The number of nitrogens with zero attached hydrogens (tertiary/aromatic N) is 1. The fraction of sp³-hybridized carbons (Fsp3) is 0.120. The maximum absolute atomic E-state index is 12.2. The van der Waals surface area contributed by atoms with Crippen LogP contribution in [-0.2, 0) is 16.1 Å². The van der Waals surface area contributed by atoms with E-state index < -0.39 is 5.97 Å². The molecular formula is C25H21NO4. The third-order valence-electron chi connectivity index (χ3n) is 4.45. The van der Waals surface area contributed by atoms with Gasteiger partial charge < -0.3 is 14.2 Å². The number of hydrogen-bond donors (Lipinski definition) is 0. The van der Waals surface area contributed by atoms with Crippen LogP contribution in [0.3, 0.4) is 0 Å². The lowest BCUT2D eigenvalue weighted by Gasteiger charge is -2.12. The van der Waals surface area contributed by atoms with E-state index in [0.29, 0.717) is 30.6 Å². The summed E-state index contributed by atoms with van der Waals surface area (Å²) in [5, 5.41) is 0. The summed E-state index contributed by atoms with van der Waals surface area (Å²) in [6.07, 6.45) is 1.68. The van der Waals surface area contributed by atoms with E-state index in [9.17, 15) is 4.79 Å². The van der Waals surface area contributed by atoms with Gasteiger partial charge in [0.25, 0.3) is 0 Å². The third-order valence-corrected chi connectivity index (χ3v) is 4.45. The summed E-state index contributed by atoms with van der Waals surface area (Å²) in [6.45, 7) is 2.86. The van der Waals surface area contributed by atoms with Crippen molar-refractivity contribution in [2.45, 2.75) is 13.5 Å². The van der Waals surface area contributed by atoms with E-state index >= 15 is 0 Å². The van der Waals surface area contributed by atoms with Gasteiger partial charge in [0, 0.05) is 5.56 Å². The fourth-order valence-corrected chi connectivity index (χ4v) is 3.01. The maximum Gasteiger partial charge on any atom is 0.363 e. The normalized spacial score (nSPS) is 14.4. The lowest BCUT2D eigenvalue weighted by atomic mass is 10.1. The Hall–Kier alpha value is -3.86. The molecule has 0 radical (unpaired) electrons. The van der Waals surface area contributed by atoms with Gasteiger partial charge in [0.15, 0.2) is 17.2 Å². The summed E-state index contributed by atoms with van der Waals surface area (Å²) >= 11 is 0. The standard InChI is InChI=1S/C25H21NO4/c1-2-28-23-16-19(13-14-22(23)29-17-18-9-5-3-6-10-18)15-21-25(27)30-24(26-21)20-11-7-4-8-12-20/h3-16H,2,17H2,1H3. The predicted molar refractivity (Wildman–Crippen MR) is 115 cm³/mol. The van der Waals surface area contributed by atoms with Crippen LogP contribution in [0.2, 0.25) is 0 Å². The number of cyclic esters (lactones) is 1. The predicted octanol–water partition coefficient (Wildman–Crippen LogP) is 5.01. The zero-order chi connectivity index (χ0) is 20.8. The number of rotatable bonds is 7. The van der Waals surface area contributed by atoms with Crippen LogP contribution in [-0.4, -0.2) is 18.5 Å². The van der Waals surface area contributed by atoms with E-state index in [2.05, 4.69) is 4.99 Å². The molecule has 0 saturated heterocycles. The molecule has 3 aromatic rings. The zero-order valence-electron chi connectivity index (χ0n) is 16.6. The molecule has 0 saturated carbocycles. The first-order valence-electron chi connectivity index (χ1n) is 9.74. The van der Waals surface area contributed by atoms with Crippen molar-refractivity contribution in [2.75, 3.05) is 6.61 Å². The lowest BCUT2D eigenvalue weighted by Crippen LogP contribution is -2.05. The molecule has 0 atom stereocenters. The van der Waals surface area contributed by atoms with Crippen molar-refractivity contribution in [3.63, 3.8) is 0 Å². The van der Waals surface area contributed by atoms with Gasteiger partial charge in [-0.1, -0.05) is 54.6 Å². The Morgan fingerprint density at radius 2 is 1.63 bits per heavy atom. The molecule has 150 valence electrons. The average molecular weight is 399 g/mol. The average Bonchev–Trinajstić information content (AvgIpc) is 3.15. The van der Waals surface area contributed by atoms with E-state index in [1.165, 1.54) is 0 Å². The number of esters is 1. The van der Waals surface area contributed by atoms with Gasteiger partial charge in [-0.3, -0.25) is 0 Å². The third kappa shape index (κ3) is 4.58. The molecule has 4 rings (SSSR count). The highest BCUT2D eigenvalue weighted by molar-refractivity contribution is 6.12. The van der Waals surface area contributed by atoms with Crippen LogP contribution < -0.4 is 9.47 Å². The zero-order valence-corrected chi connectivity index (χ0v) is 16.6. The molecule has 0 bridgehead atoms. The van der Waals surface area contributed by atoms with Crippen molar-refractivity contribution in [1.29, 1.82) is 0 Å². The minimum absolute atomic E-state index is 0.245. The SMILES string of the molecule is CCOc1cc(C=C2N=C(c3ccccc3)OC2=O)ccc1OCc1ccccc1. The van der Waals surface area contributed by atoms with E-state index in [-0.39, 0.29) is 5.70 Å². The van der Waals surface area contributed by atoms with Gasteiger partial charge in [0.1, 0.15) is 6.61 Å². The van der Waals surface area contributed by atoms with Gasteiger partial charge >= 0.3 is 5.97 Å². The summed E-state index contributed by atoms with van der Waals surface area (Å²) in [4.78, 5) is 16.6. The summed E-state index contributed by atoms with van der Waals surface area (Å²) in [7, 11) is 0. The Morgan fingerprint density at radius 3 is 2.37 bits per heavy atom. The van der Waals surface area contributed by atoms with E-state index in [1.807, 2.05) is 85.8 Å². The molecule has 1 aliphatic rings. The van der Waals surface area contributed by atoms with Crippen molar-refractivity contribution in [1.82, 2.24) is 0 Å². The minimum atomic E-state index is -0.476. The summed E-state index contributed by atoms with van der Waals surface area (Å²) in [6, 6.07) is 24.8. The molecule has 0 spiro atoms. The van der Waals surface area contributed by atoms with Crippen LogP contribution in [0.1, 0.15) is 23.6 Å². The van der Waals surface area contributed by atoms with Crippen LogP contribution in [0.4, 0.5) is 0 Å². The first kappa shape index (κ1) is 19.5. The molecule has 0 aliphatic carbocycles. The van der Waals surface area contributed by atoms with E-state index in [0.717, 1.165) is 16.7 Å². The Kier molecular flexibility index (Phi) is 5.90. The Bertz CT molecular complexity index is 1090. The number of benzene rings is 3. The highest BCUT2D eigenvalue weighted by Gasteiger charge is 2.24. The van der Waals surface area contributed by atoms with Gasteiger partial charge in [0.05, 0.1) is 6.61 Å². The Labute approximate surface area is 175 Å². The van der Waals surface area contributed by atoms with Gasteiger partial charge in [-0.05, 0) is 48.4 Å². The molecule has 0 amide bonds. The van der Waals surface area contributed by atoms with Crippen LogP contribution in [0.15, 0.2) is 89.6 Å². The monoisotopic (exact) mass is 399 g/mol. The van der Waals surface area contributed by atoms with Crippen molar-refractivity contribution in [2.24, 2.45) is 4.99 Å². The molecular weight excluding hydrogens is 378 g/mol. The smallest absolute Gasteiger partial charge is 0.363 e. The van der Waals surface area contributed by atoms with Crippen molar-refractivity contribution >= 4 is 17.9 Å². The second-order valence-corrected chi connectivity index (χ2v) is 6.62. The van der Waals surface area contributed by atoms with Crippen LogP contribution in [0, 0.1) is 0 Å². The van der Waals surface area contributed by atoms with E-state index in [1.54, 1.807) is 6.08 Å². The molecule has 30 heavy (non-hydrogen) atoms. The number of ether oxygens (including phenoxy) is 3. The molecule has 3 aromatic carbocycles. The van der Waals surface area contributed by atoms with Crippen molar-refractivity contribution in [3.05, 3.63) is 101 Å². The molecule has 0 unspecified atom stereocenters. The number of carbonyl (C=O) groups is 1. The molecule has 1 heterocycles. The summed E-state index contributed by atoms with van der Waals surface area (Å²) in [5.41, 5.74) is 2.85. The van der Waals surface area contributed by atoms with Gasteiger partial charge in [-0.15, -0.1) is 0 Å². The summed E-state index contributed by atoms with van der Waals surface area (Å²) < 4.78 is 17.0. The van der Waals surface area contributed by atoms with Gasteiger partial charge in [-0.2, -0.15) is 0 Å². The Balaban J connectivity index is 1.56. The van der Waals surface area contributed by atoms with Crippen LogP contribution >= 0.6 is 0 Å². The second kappa shape index (κ2) is 9.09. The number of hydrogen-bond acceptors (Lipinski definition) is 5. The fourth-order valence-electron chi connectivity index (χ4n) is 3.01. The number of aliphatic imine (C=N–C) groups is 1.